The number of carbonyl (C=O) groups is 1. The number of benzene rings is 1. The maximum absolute atomic E-state index is 12.4. The fraction of sp³-hybridized carbons (Fsp3) is 0.368. The predicted molar refractivity (Wildman–Crippen MR) is 96.4 cm³/mol. The monoisotopic (exact) mass is 336 g/mol. The highest BCUT2D eigenvalue weighted by Gasteiger charge is 2.50. The van der Waals surface area contributed by atoms with Crippen molar-refractivity contribution in [2.45, 2.75) is 26.7 Å². The summed E-state index contributed by atoms with van der Waals surface area (Å²) in [5, 5.41) is 11.3. The number of hydrazone groups is 1. The SMILES string of the molecule is CC1(C)[C@H]2CC=C(C=NNC(=O)c3n[nH]c(=O)c4ccccc34)[C@H]1C2. The zero-order valence-corrected chi connectivity index (χ0v) is 14.2. The summed E-state index contributed by atoms with van der Waals surface area (Å²) < 4.78 is 0. The van der Waals surface area contributed by atoms with Crippen molar-refractivity contribution in [3.8, 4) is 0 Å². The predicted octanol–water partition coefficient (Wildman–Crippen LogP) is 2.63. The van der Waals surface area contributed by atoms with Crippen LogP contribution in [0.15, 0.2) is 45.8 Å². The molecule has 0 radical (unpaired) electrons. The molecule has 2 aromatic rings. The summed E-state index contributed by atoms with van der Waals surface area (Å²) >= 11 is 0. The Morgan fingerprint density at radius 2 is 2.12 bits per heavy atom. The van der Waals surface area contributed by atoms with Crippen LogP contribution in [0.4, 0.5) is 0 Å². The van der Waals surface area contributed by atoms with Gasteiger partial charge >= 0.3 is 0 Å². The molecule has 1 aromatic heterocycles. The molecule has 2 atom stereocenters. The van der Waals surface area contributed by atoms with Crippen LogP contribution in [-0.4, -0.2) is 22.3 Å². The van der Waals surface area contributed by atoms with Crippen LogP contribution < -0.4 is 11.0 Å². The summed E-state index contributed by atoms with van der Waals surface area (Å²) in [5.74, 6) is 0.839. The Labute approximate surface area is 145 Å². The third-order valence-corrected chi connectivity index (χ3v) is 5.80. The molecule has 25 heavy (non-hydrogen) atoms. The fourth-order valence-corrected chi connectivity index (χ4v) is 4.05. The molecule has 3 aliphatic rings. The number of fused-ring (bicyclic) bond motifs is 2. The second-order valence-electron chi connectivity index (χ2n) is 7.39. The van der Waals surface area contributed by atoms with E-state index in [0.717, 1.165) is 12.3 Å². The lowest BCUT2D eigenvalue weighted by Crippen LogP contribution is -2.48. The summed E-state index contributed by atoms with van der Waals surface area (Å²) in [7, 11) is 0. The van der Waals surface area contributed by atoms with Crippen LogP contribution in [0, 0.1) is 17.3 Å². The standard InChI is InChI=1S/C19H20N4O2/c1-19(2)12-8-7-11(15(19)9-12)10-20-22-18(25)16-13-5-3-4-6-14(13)17(24)23-21-16/h3-7,10,12,15H,8-9H2,1-2H3,(H,22,25)(H,23,24)/t12-,15+/m0/s1. The van der Waals surface area contributed by atoms with Gasteiger partial charge in [0.05, 0.1) is 11.6 Å². The molecular formula is C19H20N4O2. The summed E-state index contributed by atoms with van der Waals surface area (Å²) in [5.41, 5.74) is 3.88. The van der Waals surface area contributed by atoms with Gasteiger partial charge in [-0.05, 0) is 41.7 Å². The summed E-state index contributed by atoms with van der Waals surface area (Å²) in [6.07, 6.45) is 6.23. The van der Waals surface area contributed by atoms with Gasteiger partial charge < -0.3 is 0 Å². The average molecular weight is 336 g/mol. The molecule has 2 bridgehead atoms. The van der Waals surface area contributed by atoms with Gasteiger partial charge in [-0.2, -0.15) is 10.2 Å². The number of allylic oxidation sites excluding steroid dienone is 2. The minimum Gasteiger partial charge on any atom is -0.267 e. The van der Waals surface area contributed by atoms with Crippen LogP contribution in [0.1, 0.15) is 37.2 Å². The van der Waals surface area contributed by atoms with Crippen molar-refractivity contribution in [3.05, 3.63) is 52.0 Å². The number of hydrogen-bond donors (Lipinski definition) is 2. The van der Waals surface area contributed by atoms with Crippen molar-refractivity contribution >= 4 is 22.9 Å². The number of H-pyrrole nitrogens is 1. The van der Waals surface area contributed by atoms with Crippen LogP contribution in [0.25, 0.3) is 10.8 Å². The van der Waals surface area contributed by atoms with Crippen molar-refractivity contribution in [2.75, 3.05) is 0 Å². The van der Waals surface area contributed by atoms with Gasteiger partial charge in [0.15, 0.2) is 5.69 Å². The second kappa shape index (κ2) is 5.65. The van der Waals surface area contributed by atoms with Crippen LogP contribution in [0.2, 0.25) is 0 Å². The molecular weight excluding hydrogens is 316 g/mol. The van der Waals surface area contributed by atoms with Gasteiger partial charge in [-0.25, -0.2) is 10.5 Å². The smallest absolute Gasteiger partial charge is 0.267 e. The molecule has 1 aromatic carbocycles. The Bertz CT molecular complexity index is 971. The Morgan fingerprint density at radius 1 is 1.36 bits per heavy atom. The van der Waals surface area contributed by atoms with Crippen molar-refractivity contribution in [1.82, 2.24) is 15.6 Å². The van der Waals surface area contributed by atoms with E-state index in [4.69, 9.17) is 0 Å². The summed E-state index contributed by atoms with van der Waals surface area (Å²) in [4.78, 5) is 24.2. The van der Waals surface area contributed by atoms with Crippen LogP contribution >= 0.6 is 0 Å². The molecule has 1 heterocycles. The van der Waals surface area contributed by atoms with Gasteiger partial charge in [0.1, 0.15) is 0 Å². The van der Waals surface area contributed by atoms with E-state index in [-0.39, 0.29) is 11.3 Å². The molecule has 6 heteroatoms. The molecule has 6 nitrogen and oxygen atoms in total. The lowest BCUT2D eigenvalue weighted by molar-refractivity contribution is -0.00126. The van der Waals surface area contributed by atoms with Gasteiger partial charge in [-0.15, -0.1) is 0 Å². The highest BCUT2D eigenvalue weighted by molar-refractivity contribution is 6.04. The number of rotatable bonds is 3. The molecule has 1 fully saturated rings. The third kappa shape index (κ3) is 2.49. The maximum Gasteiger partial charge on any atom is 0.292 e. The molecule has 0 saturated heterocycles. The van der Waals surface area contributed by atoms with E-state index in [0.29, 0.717) is 22.1 Å². The van der Waals surface area contributed by atoms with Gasteiger partial charge in [0.2, 0.25) is 0 Å². The average Bonchev–Trinajstić information content (AvgIpc) is 2.62. The van der Waals surface area contributed by atoms with Crippen LogP contribution in [-0.2, 0) is 0 Å². The molecule has 1 saturated carbocycles. The van der Waals surface area contributed by atoms with E-state index in [1.807, 2.05) is 0 Å². The second-order valence-corrected chi connectivity index (χ2v) is 7.39. The number of amides is 1. The van der Waals surface area contributed by atoms with Crippen molar-refractivity contribution in [2.24, 2.45) is 22.4 Å². The Kier molecular flexibility index (Phi) is 3.56. The molecule has 1 amide bonds. The number of nitrogens with one attached hydrogen (secondary N) is 2. The van der Waals surface area contributed by atoms with E-state index in [9.17, 15) is 9.59 Å². The zero-order valence-electron chi connectivity index (χ0n) is 14.2. The first-order valence-electron chi connectivity index (χ1n) is 8.49. The minimum atomic E-state index is -0.439. The van der Waals surface area contributed by atoms with Crippen LogP contribution in [0.5, 0.6) is 0 Å². The summed E-state index contributed by atoms with van der Waals surface area (Å²) in [6.45, 7) is 4.59. The van der Waals surface area contributed by atoms with Gasteiger partial charge in [-0.3, -0.25) is 9.59 Å². The van der Waals surface area contributed by atoms with Crippen molar-refractivity contribution in [1.29, 1.82) is 0 Å². The first-order chi connectivity index (χ1) is 12.0. The number of hydrogen-bond acceptors (Lipinski definition) is 4. The number of aromatic amines is 1. The molecule has 0 aliphatic heterocycles. The zero-order chi connectivity index (χ0) is 17.6. The fourth-order valence-electron chi connectivity index (χ4n) is 4.05. The normalized spacial score (nSPS) is 24.0. The highest BCUT2D eigenvalue weighted by Crippen LogP contribution is 2.58. The van der Waals surface area contributed by atoms with Crippen molar-refractivity contribution < 1.29 is 4.79 Å². The van der Waals surface area contributed by atoms with Crippen LogP contribution in [0.3, 0.4) is 0 Å². The lowest BCUT2D eigenvalue weighted by Gasteiger charge is -2.55. The molecule has 128 valence electrons. The maximum atomic E-state index is 12.4. The number of carbonyl (C=O) groups excluding carboxylic acids is 1. The topological polar surface area (TPSA) is 87.2 Å². The molecule has 0 unspecified atom stereocenters. The first-order valence-corrected chi connectivity index (χ1v) is 8.49. The van der Waals surface area contributed by atoms with E-state index >= 15 is 0 Å². The first kappa shape index (κ1) is 15.7. The molecule has 2 N–H and O–H groups in total. The van der Waals surface area contributed by atoms with Gasteiger partial charge in [0, 0.05) is 5.39 Å². The molecule has 0 spiro atoms. The quantitative estimate of drug-likeness (QED) is 0.667. The summed E-state index contributed by atoms with van der Waals surface area (Å²) in [6, 6.07) is 6.89. The Hall–Kier alpha value is -2.76. The number of nitrogens with zero attached hydrogens (tertiary/aromatic N) is 2. The van der Waals surface area contributed by atoms with Gasteiger partial charge in [0.25, 0.3) is 11.5 Å². The largest absolute Gasteiger partial charge is 0.292 e. The molecule has 5 rings (SSSR count). The Morgan fingerprint density at radius 3 is 2.84 bits per heavy atom. The van der Waals surface area contributed by atoms with E-state index in [1.54, 1.807) is 30.5 Å². The lowest BCUT2D eigenvalue weighted by atomic mass is 9.49. The minimum absolute atomic E-state index is 0.161. The van der Waals surface area contributed by atoms with E-state index in [2.05, 4.69) is 40.6 Å². The van der Waals surface area contributed by atoms with E-state index in [1.165, 1.54) is 12.0 Å². The highest BCUT2D eigenvalue weighted by atomic mass is 16.2. The number of aromatic nitrogens is 2. The van der Waals surface area contributed by atoms with Crippen molar-refractivity contribution in [3.63, 3.8) is 0 Å². The molecule has 3 aliphatic carbocycles. The third-order valence-electron chi connectivity index (χ3n) is 5.80. The Balaban J connectivity index is 1.53. The van der Waals surface area contributed by atoms with Gasteiger partial charge in [-0.1, -0.05) is 38.1 Å². The van der Waals surface area contributed by atoms with E-state index < -0.39 is 5.91 Å².